The summed E-state index contributed by atoms with van der Waals surface area (Å²) in [6, 6.07) is 12.1. The van der Waals surface area contributed by atoms with Crippen LogP contribution in [-0.2, 0) is 17.8 Å². The van der Waals surface area contributed by atoms with Gasteiger partial charge in [-0.05, 0) is 48.9 Å². The summed E-state index contributed by atoms with van der Waals surface area (Å²) in [7, 11) is 0. The van der Waals surface area contributed by atoms with Crippen molar-refractivity contribution in [3.63, 3.8) is 0 Å². The minimum absolute atomic E-state index is 0.0549. The summed E-state index contributed by atoms with van der Waals surface area (Å²) in [5, 5.41) is 6.85. The highest BCUT2D eigenvalue weighted by atomic mass is 16.3. The Hall–Kier alpha value is -2.60. The Kier molecular flexibility index (Phi) is 4.43. The van der Waals surface area contributed by atoms with Gasteiger partial charge in [0.15, 0.2) is 5.76 Å². The molecule has 4 heterocycles. The smallest absolute Gasteiger partial charge is 0.290 e. The molecule has 2 fully saturated rings. The zero-order valence-electron chi connectivity index (χ0n) is 15.8. The van der Waals surface area contributed by atoms with Crippen molar-refractivity contribution in [1.29, 1.82) is 0 Å². The summed E-state index contributed by atoms with van der Waals surface area (Å²) in [5.74, 6) is -0.0113. The number of hydrogen-bond acceptors (Lipinski definition) is 4. The number of hydrogen-bond donors (Lipinski definition) is 2. The van der Waals surface area contributed by atoms with Gasteiger partial charge in [-0.2, -0.15) is 0 Å². The Bertz CT molecular complexity index is 867. The number of benzene rings is 1. The molecule has 0 aliphatic carbocycles. The lowest BCUT2D eigenvalue weighted by atomic mass is 9.92. The molecule has 28 heavy (non-hydrogen) atoms. The SMILES string of the molecule is O=C(NC1CC2CCC(C1)N2)C1Cc2ccccc2CN1C(=O)c1ccco1. The average molecular weight is 379 g/mol. The van der Waals surface area contributed by atoms with Crippen LogP contribution in [0.3, 0.4) is 0 Å². The lowest BCUT2D eigenvalue weighted by molar-refractivity contribution is -0.127. The van der Waals surface area contributed by atoms with Crippen LogP contribution in [-0.4, -0.2) is 40.9 Å². The molecule has 2 saturated heterocycles. The summed E-state index contributed by atoms with van der Waals surface area (Å²) in [6.45, 7) is 0.422. The zero-order chi connectivity index (χ0) is 19.1. The number of nitrogens with zero attached hydrogens (tertiary/aromatic N) is 1. The summed E-state index contributed by atoms with van der Waals surface area (Å²) in [4.78, 5) is 27.9. The van der Waals surface area contributed by atoms with Gasteiger partial charge in [0.25, 0.3) is 5.91 Å². The highest BCUT2D eigenvalue weighted by Gasteiger charge is 2.39. The molecule has 146 valence electrons. The third-order valence-electron chi connectivity index (χ3n) is 6.36. The van der Waals surface area contributed by atoms with Crippen LogP contribution >= 0.6 is 0 Å². The first-order valence-corrected chi connectivity index (χ1v) is 10.1. The lowest BCUT2D eigenvalue weighted by Gasteiger charge is -2.37. The van der Waals surface area contributed by atoms with Crippen molar-refractivity contribution in [1.82, 2.24) is 15.5 Å². The maximum absolute atomic E-state index is 13.2. The molecule has 5 rings (SSSR count). The van der Waals surface area contributed by atoms with Crippen LogP contribution in [0.1, 0.15) is 47.4 Å². The minimum atomic E-state index is -0.514. The van der Waals surface area contributed by atoms with Gasteiger partial charge < -0.3 is 20.0 Å². The fraction of sp³-hybridized carbons (Fsp3) is 0.455. The van der Waals surface area contributed by atoms with Gasteiger partial charge in [-0.25, -0.2) is 0 Å². The maximum Gasteiger partial charge on any atom is 0.290 e. The Morgan fingerprint density at radius 1 is 1.04 bits per heavy atom. The molecule has 2 amide bonds. The van der Waals surface area contributed by atoms with Gasteiger partial charge in [-0.15, -0.1) is 0 Å². The predicted octanol–water partition coefficient (Wildman–Crippen LogP) is 2.25. The van der Waals surface area contributed by atoms with Crippen LogP contribution in [0.4, 0.5) is 0 Å². The molecule has 2 aromatic rings. The van der Waals surface area contributed by atoms with Gasteiger partial charge in [-0.1, -0.05) is 24.3 Å². The normalized spacial score (nSPS) is 28.6. The monoisotopic (exact) mass is 379 g/mol. The fourth-order valence-electron chi connectivity index (χ4n) is 4.98. The van der Waals surface area contributed by atoms with E-state index in [-0.39, 0.29) is 23.6 Å². The van der Waals surface area contributed by atoms with Crippen molar-refractivity contribution in [3.05, 3.63) is 59.5 Å². The van der Waals surface area contributed by atoms with Crippen molar-refractivity contribution in [2.75, 3.05) is 0 Å². The van der Waals surface area contributed by atoms with E-state index < -0.39 is 6.04 Å². The van der Waals surface area contributed by atoms with E-state index in [2.05, 4.69) is 16.7 Å². The van der Waals surface area contributed by atoms with Crippen molar-refractivity contribution in [2.24, 2.45) is 0 Å². The van der Waals surface area contributed by atoms with Crippen LogP contribution in [0.15, 0.2) is 47.1 Å². The average Bonchev–Trinajstić information content (AvgIpc) is 3.36. The summed E-state index contributed by atoms with van der Waals surface area (Å²) in [6.07, 6.45) is 6.35. The van der Waals surface area contributed by atoms with Crippen LogP contribution in [0.2, 0.25) is 0 Å². The molecule has 3 atom stereocenters. The number of fused-ring (bicyclic) bond motifs is 3. The van der Waals surface area contributed by atoms with Crippen molar-refractivity contribution in [2.45, 2.75) is 62.8 Å². The third-order valence-corrected chi connectivity index (χ3v) is 6.36. The molecule has 2 bridgehead atoms. The molecular formula is C22H25N3O3. The predicted molar refractivity (Wildman–Crippen MR) is 104 cm³/mol. The molecule has 1 aromatic heterocycles. The summed E-state index contributed by atoms with van der Waals surface area (Å²) in [5.41, 5.74) is 2.22. The van der Waals surface area contributed by atoms with Crippen LogP contribution < -0.4 is 10.6 Å². The standard InChI is InChI=1S/C22H25N3O3/c26-21(24-18-11-16-7-8-17(12-18)23-16)19-10-14-4-1-2-5-15(14)13-25(19)22(27)20-6-3-9-28-20/h1-6,9,16-19,23H,7-8,10-13H2,(H,24,26). The highest BCUT2D eigenvalue weighted by Crippen LogP contribution is 2.28. The highest BCUT2D eigenvalue weighted by molar-refractivity contribution is 5.96. The first-order chi connectivity index (χ1) is 13.7. The molecule has 1 aromatic carbocycles. The molecule has 0 radical (unpaired) electrons. The largest absolute Gasteiger partial charge is 0.459 e. The Morgan fingerprint density at radius 2 is 1.79 bits per heavy atom. The number of rotatable bonds is 3. The Labute approximate surface area is 164 Å². The second-order valence-electron chi connectivity index (χ2n) is 8.21. The molecule has 3 aliphatic rings. The van der Waals surface area contributed by atoms with Crippen LogP contribution in [0.25, 0.3) is 0 Å². The summed E-state index contributed by atoms with van der Waals surface area (Å²) < 4.78 is 5.32. The van der Waals surface area contributed by atoms with Gasteiger partial charge in [0.05, 0.1) is 6.26 Å². The number of carbonyl (C=O) groups is 2. The van der Waals surface area contributed by atoms with E-state index in [0.717, 1.165) is 24.0 Å². The van der Waals surface area contributed by atoms with Gasteiger partial charge in [0.2, 0.25) is 5.91 Å². The van der Waals surface area contributed by atoms with E-state index in [9.17, 15) is 9.59 Å². The van der Waals surface area contributed by atoms with Gasteiger partial charge in [0.1, 0.15) is 6.04 Å². The Morgan fingerprint density at radius 3 is 2.50 bits per heavy atom. The van der Waals surface area contributed by atoms with E-state index in [0.29, 0.717) is 25.0 Å². The van der Waals surface area contributed by atoms with E-state index in [1.165, 1.54) is 19.1 Å². The molecule has 0 spiro atoms. The number of nitrogens with one attached hydrogen (secondary N) is 2. The minimum Gasteiger partial charge on any atom is -0.459 e. The van der Waals surface area contributed by atoms with Crippen molar-refractivity contribution >= 4 is 11.8 Å². The van der Waals surface area contributed by atoms with Gasteiger partial charge >= 0.3 is 0 Å². The third kappa shape index (κ3) is 3.22. The van der Waals surface area contributed by atoms with E-state index >= 15 is 0 Å². The number of amides is 2. The van der Waals surface area contributed by atoms with Crippen LogP contribution in [0.5, 0.6) is 0 Å². The molecule has 2 N–H and O–H groups in total. The lowest BCUT2D eigenvalue weighted by Crippen LogP contribution is -2.56. The van der Waals surface area contributed by atoms with E-state index in [4.69, 9.17) is 4.42 Å². The molecular weight excluding hydrogens is 354 g/mol. The molecule has 3 unspecified atom stereocenters. The first-order valence-electron chi connectivity index (χ1n) is 10.1. The van der Waals surface area contributed by atoms with E-state index in [1.807, 2.05) is 18.2 Å². The van der Waals surface area contributed by atoms with Crippen LogP contribution in [0, 0.1) is 0 Å². The Balaban J connectivity index is 1.38. The number of carbonyl (C=O) groups excluding carboxylic acids is 2. The second kappa shape index (κ2) is 7.09. The molecule has 6 heteroatoms. The van der Waals surface area contributed by atoms with Gasteiger partial charge in [-0.3, -0.25) is 9.59 Å². The molecule has 6 nitrogen and oxygen atoms in total. The number of piperidine rings is 1. The summed E-state index contributed by atoms with van der Waals surface area (Å²) >= 11 is 0. The zero-order valence-corrected chi connectivity index (χ0v) is 15.8. The second-order valence-corrected chi connectivity index (χ2v) is 8.21. The van der Waals surface area contributed by atoms with Crippen molar-refractivity contribution in [3.8, 4) is 0 Å². The fourth-order valence-corrected chi connectivity index (χ4v) is 4.98. The van der Waals surface area contributed by atoms with Crippen molar-refractivity contribution < 1.29 is 14.0 Å². The number of furan rings is 1. The quantitative estimate of drug-likeness (QED) is 0.858. The van der Waals surface area contributed by atoms with E-state index in [1.54, 1.807) is 17.0 Å². The molecule has 3 aliphatic heterocycles. The first kappa shape index (κ1) is 17.5. The maximum atomic E-state index is 13.2. The topological polar surface area (TPSA) is 74.6 Å². The van der Waals surface area contributed by atoms with Gasteiger partial charge in [0, 0.05) is 31.1 Å². The molecule has 0 saturated carbocycles.